The molecule has 0 aliphatic carbocycles. The summed E-state index contributed by atoms with van der Waals surface area (Å²) in [7, 11) is 0. The Balaban J connectivity index is 0.00000132. The smallest absolute Gasteiger partial charge is 0.265 e. The Hall–Kier alpha value is -0.360. The zero-order valence-corrected chi connectivity index (χ0v) is 16.5. The summed E-state index contributed by atoms with van der Waals surface area (Å²) in [6.07, 6.45) is 5.30. The van der Waals surface area contributed by atoms with Gasteiger partial charge in [-0.15, -0.1) is 36.2 Å². The van der Waals surface area contributed by atoms with Crippen molar-refractivity contribution in [1.29, 1.82) is 0 Å². The van der Waals surface area contributed by atoms with Crippen molar-refractivity contribution in [2.45, 2.75) is 45.4 Å². The van der Waals surface area contributed by atoms with Crippen molar-refractivity contribution in [2.75, 3.05) is 26.2 Å². The third-order valence-corrected chi connectivity index (χ3v) is 6.21. The number of likely N-dealkylation sites (tertiary alicyclic amines) is 1. The highest BCUT2D eigenvalue weighted by atomic mass is 35.5. The van der Waals surface area contributed by atoms with Crippen molar-refractivity contribution >= 4 is 42.1 Å². The Morgan fingerprint density at radius 1 is 1.26 bits per heavy atom. The third kappa shape index (κ3) is 4.38. The molecular weight excluding hydrogens is 353 g/mol. The molecular formula is C16H27Cl2N3OS. The molecule has 2 aliphatic rings. The van der Waals surface area contributed by atoms with E-state index in [4.69, 9.17) is 0 Å². The summed E-state index contributed by atoms with van der Waals surface area (Å²) in [5, 5.41) is 4.51. The highest BCUT2D eigenvalue weighted by Crippen LogP contribution is 2.37. The predicted octanol–water partition coefficient (Wildman–Crippen LogP) is 3.50. The summed E-state index contributed by atoms with van der Waals surface area (Å²) in [6, 6.07) is 0. The van der Waals surface area contributed by atoms with E-state index in [-0.39, 0.29) is 36.1 Å². The predicted molar refractivity (Wildman–Crippen MR) is 100 cm³/mol. The second-order valence-electron chi connectivity index (χ2n) is 7.50. The van der Waals surface area contributed by atoms with Gasteiger partial charge >= 0.3 is 0 Å². The summed E-state index contributed by atoms with van der Waals surface area (Å²) in [6.45, 7) is 10.5. The minimum Gasteiger partial charge on any atom is -0.338 e. The first-order chi connectivity index (χ1) is 9.90. The van der Waals surface area contributed by atoms with Gasteiger partial charge in [0.25, 0.3) is 5.91 Å². The highest BCUT2D eigenvalue weighted by Gasteiger charge is 2.38. The SMILES string of the molecule is CC(C)(C)c1ncc(C(=O)N2CCC3(CCNC3)CC2)s1.Cl.Cl. The molecule has 1 amide bonds. The minimum atomic E-state index is 0. The fraction of sp³-hybridized carbons (Fsp3) is 0.750. The van der Waals surface area contributed by atoms with Crippen molar-refractivity contribution in [3.05, 3.63) is 16.1 Å². The van der Waals surface area contributed by atoms with Gasteiger partial charge in [0.15, 0.2) is 0 Å². The lowest BCUT2D eigenvalue weighted by Gasteiger charge is -2.38. The van der Waals surface area contributed by atoms with Gasteiger partial charge in [-0.2, -0.15) is 0 Å². The quantitative estimate of drug-likeness (QED) is 0.811. The molecule has 7 heteroatoms. The van der Waals surface area contributed by atoms with Crippen molar-refractivity contribution in [3.63, 3.8) is 0 Å². The van der Waals surface area contributed by atoms with Crippen molar-refractivity contribution in [1.82, 2.24) is 15.2 Å². The van der Waals surface area contributed by atoms with Crippen LogP contribution in [-0.2, 0) is 5.41 Å². The Morgan fingerprint density at radius 2 is 1.91 bits per heavy atom. The lowest BCUT2D eigenvalue weighted by molar-refractivity contribution is 0.0612. The summed E-state index contributed by atoms with van der Waals surface area (Å²) in [5.41, 5.74) is 0.478. The summed E-state index contributed by atoms with van der Waals surface area (Å²) in [4.78, 5) is 19.9. The first-order valence-electron chi connectivity index (χ1n) is 7.86. The number of halogens is 2. The van der Waals surface area contributed by atoms with E-state index in [0.29, 0.717) is 5.41 Å². The van der Waals surface area contributed by atoms with E-state index in [0.717, 1.165) is 48.9 Å². The van der Waals surface area contributed by atoms with Crippen molar-refractivity contribution < 1.29 is 4.79 Å². The Kier molecular flexibility index (Phi) is 6.91. The number of nitrogens with one attached hydrogen (secondary N) is 1. The molecule has 0 atom stereocenters. The maximum absolute atomic E-state index is 12.6. The number of hydrogen-bond acceptors (Lipinski definition) is 4. The van der Waals surface area contributed by atoms with Crippen LogP contribution in [0.15, 0.2) is 6.20 Å². The second kappa shape index (κ2) is 7.68. The van der Waals surface area contributed by atoms with Crippen LogP contribution in [0.3, 0.4) is 0 Å². The molecule has 0 unspecified atom stereocenters. The number of carbonyl (C=O) groups is 1. The Labute approximate surface area is 155 Å². The fourth-order valence-electron chi connectivity index (χ4n) is 3.28. The Bertz CT molecular complexity index is 526. The van der Waals surface area contributed by atoms with Gasteiger partial charge in [0.05, 0.1) is 11.2 Å². The van der Waals surface area contributed by atoms with Crippen molar-refractivity contribution in [2.24, 2.45) is 5.41 Å². The molecule has 0 saturated carbocycles. The largest absolute Gasteiger partial charge is 0.338 e. The molecule has 0 bridgehead atoms. The molecule has 0 aromatic carbocycles. The zero-order valence-electron chi connectivity index (χ0n) is 14.1. The van der Waals surface area contributed by atoms with Crippen LogP contribution in [0.1, 0.15) is 54.7 Å². The van der Waals surface area contributed by atoms with E-state index in [1.807, 2.05) is 4.90 Å². The molecule has 1 aromatic rings. The van der Waals surface area contributed by atoms with Crippen LogP contribution in [-0.4, -0.2) is 42.0 Å². The molecule has 3 rings (SSSR count). The Morgan fingerprint density at radius 3 is 2.39 bits per heavy atom. The number of nitrogens with zero attached hydrogens (tertiary/aromatic N) is 2. The van der Waals surface area contributed by atoms with Crippen LogP contribution >= 0.6 is 36.2 Å². The number of hydrogen-bond donors (Lipinski definition) is 1. The maximum Gasteiger partial charge on any atom is 0.265 e. The molecule has 2 saturated heterocycles. The minimum absolute atomic E-state index is 0. The van der Waals surface area contributed by atoms with Gasteiger partial charge in [0.1, 0.15) is 4.88 Å². The molecule has 2 fully saturated rings. The van der Waals surface area contributed by atoms with Crippen LogP contribution in [0, 0.1) is 5.41 Å². The van der Waals surface area contributed by atoms with E-state index in [9.17, 15) is 4.79 Å². The fourth-order valence-corrected chi connectivity index (χ4v) is 4.22. The van der Waals surface area contributed by atoms with Gasteiger partial charge in [-0.25, -0.2) is 4.98 Å². The molecule has 23 heavy (non-hydrogen) atoms. The third-order valence-electron chi connectivity index (χ3n) is 4.80. The lowest BCUT2D eigenvalue weighted by atomic mass is 9.78. The average Bonchev–Trinajstić information content (AvgIpc) is 3.08. The topological polar surface area (TPSA) is 45.2 Å². The van der Waals surface area contributed by atoms with Gasteiger partial charge in [-0.3, -0.25) is 4.79 Å². The van der Waals surface area contributed by atoms with E-state index in [1.54, 1.807) is 17.5 Å². The van der Waals surface area contributed by atoms with Crippen LogP contribution in [0.5, 0.6) is 0 Å². The number of carbonyl (C=O) groups excluding carboxylic acids is 1. The monoisotopic (exact) mass is 379 g/mol. The highest BCUT2D eigenvalue weighted by molar-refractivity contribution is 7.13. The molecule has 1 spiro atoms. The van der Waals surface area contributed by atoms with E-state index in [2.05, 4.69) is 31.1 Å². The number of piperidine rings is 1. The van der Waals surface area contributed by atoms with Gasteiger partial charge in [0, 0.05) is 25.0 Å². The van der Waals surface area contributed by atoms with Gasteiger partial charge in [-0.1, -0.05) is 20.8 Å². The van der Waals surface area contributed by atoms with Crippen LogP contribution in [0.25, 0.3) is 0 Å². The van der Waals surface area contributed by atoms with Gasteiger partial charge in [0.2, 0.25) is 0 Å². The molecule has 1 aromatic heterocycles. The maximum atomic E-state index is 12.6. The van der Waals surface area contributed by atoms with Gasteiger partial charge in [-0.05, 0) is 31.2 Å². The zero-order chi connectivity index (χ0) is 15.1. The summed E-state index contributed by atoms with van der Waals surface area (Å²) >= 11 is 1.55. The molecule has 132 valence electrons. The molecule has 0 radical (unpaired) electrons. The van der Waals surface area contributed by atoms with E-state index < -0.39 is 0 Å². The van der Waals surface area contributed by atoms with Crippen LogP contribution in [0.2, 0.25) is 0 Å². The number of rotatable bonds is 1. The molecule has 2 aliphatic heterocycles. The lowest BCUT2D eigenvalue weighted by Crippen LogP contribution is -2.43. The molecule has 3 heterocycles. The second-order valence-corrected chi connectivity index (χ2v) is 8.53. The first kappa shape index (κ1) is 20.7. The number of thiazole rings is 1. The van der Waals surface area contributed by atoms with Crippen molar-refractivity contribution in [3.8, 4) is 0 Å². The van der Waals surface area contributed by atoms with Gasteiger partial charge < -0.3 is 10.2 Å². The molecule has 4 nitrogen and oxygen atoms in total. The normalized spacial score (nSPS) is 20.0. The first-order valence-corrected chi connectivity index (χ1v) is 8.68. The van der Waals surface area contributed by atoms with E-state index in [1.165, 1.54) is 6.42 Å². The standard InChI is InChI=1S/C16H25N3OS.2ClH/c1-15(2,3)14-18-10-12(21-14)13(20)19-8-5-16(6-9-19)4-7-17-11-16;;/h10,17H,4-9,11H2,1-3H3;2*1H. The average molecular weight is 380 g/mol. The molecule has 1 N–H and O–H groups in total. The summed E-state index contributed by atoms with van der Waals surface area (Å²) < 4.78 is 0. The summed E-state index contributed by atoms with van der Waals surface area (Å²) in [5.74, 6) is 0.170. The van der Waals surface area contributed by atoms with Crippen LogP contribution in [0.4, 0.5) is 0 Å². The number of aromatic nitrogens is 1. The number of amides is 1. The van der Waals surface area contributed by atoms with Crippen LogP contribution < -0.4 is 5.32 Å². The van der Waals surface area contributed by atoms with E-state index >= 15 is 0 Å².